The van der Waals surface area contributed by atoms with Crippen LogP contribution in [0.5, 0.6) is 0 Å². The normalized spacial score (nSPS) is 21.1. The Balaban J connectivity index is 2.21. The SMILES string of the molecule is C=CCN1C(=O)[C@](O)(c2cnc(N)s2)c2ccccc21. The molecule has 3 rings (SSSR count). The molecule has 0 spiro atoms. The van der Waals surface area contributed by atoms with Gasteiger partial charge in [-0.15, -0.1) is 6.58 Å². The summed E-state index contributed by atoms with van der Waals surface area (Å²) in [4.78, 5) is 18.5. The highest BCUT2D eigenvalue weighted by Crippen LogP contribution is 2.45. The van der Waals surface area contributed by atoms with Crippen LogP contribution in [0, 0.1) is 0 Å². The van der Waals surface area contributed by atoms with E-state index < -0.39 is 11.5 Å². The number of aromatic nitrogens is 1. The van der Waals surface area contributed by atoms with Crippen molar-refractivity contribution in [3.8, 4) is 0 Å². The molecule has 5 nitrogen and oxygen atoms in total. The zero-order valence-electron chi connectivity index (χ0n) is 10.6. The summed E-state index contributed by atoms with van der Waals surface area (Å²) < 4.78 is 0. The number of anilines is 2. The third-order valence-electron chi connectivity index (χ3n) is 3.33. The summed E-state index contributed by atoms with van der Waals surface area (Å²) in [6.45, 7) is 3.99. The van der Waals surface area contributed by atoms with Crippen LogP contribution < -0.4 is 10.6 Å². The largest absolute Gasteiger partial charge is 0.375 e. The Kier molecular flexibility index (Phi) is 2.84. The van der Waals surface area contributed by atoms with E-state index in [-0.39, 0.29) is 0 Å². The fourth-order valence-electron chi connectivity index (χ4n) is 2.44. The number of hydrogen-bond acceptors (Lipinski definition) is 5. The fraction of sp³-hybridized carbons (Fsp3) is 0.143. The highest BCUT2D eigenvalue weighted by Gasteiger charge is 2.51. The zero-order chi connectivity index (χ0) is 14.3. The van der Waals surface area contributed by atoms with Crippen LogP contribution in [0.3, 0.4) is 0 Å². The Bertz CT molecular complexity index is 697. The lowest BCUT2D eigenvalue weighted by Gasteiger charge is -2.20. The molecule has 2 heterocycles. The van der Waals surface area contributed by atoms with Gasteiger partial charge in [0.1, 0.15) is 0 Å². The van der Waals surface area contributed by atoms with E-state index in [2.05, 4.69) is 11.6 Å². The number of para-hydroxylation sites is 1. The summed E-state index contributed by atoms with van der Waals surface area (Å²) in [6.07, 6.45) is 3.08. The topological polar surface area (TPSA) is 79.5 Å². The van der Waals surface area contributed by atoms with Gasteiger partial charge >= 0.3 is 0 Å². The molecule has 1 amide bonds. The van der Waals surface area contributed by atoms with Gasteiger partial charge in [-0.3, -0.25) is 4.79 Å². The number of hydrogen-bond donors (Lipinski definition) is 2. The minimum Gasteiger partial charge on any atom is -0.375 e. The van der Waals surface area contributed by atoms with Crippen molar-refractivity contribution in [1.29, 1.82) is 0 Å². The van der Waals surface area contributed by atoms with Crippen LogP contribution in [0.2, 0.25) is 0 Å². The van der Waals surface area contributed by atoms with Crippen molar-refractivity contribution >= 4 is 28.1 Å². The average Bonchev–Trinajstić information content (AvgIpc) is 2.97. The number of nitrogens with zero attached hydrogens (tertiary/aromatic N) is 2. The number of nitrogens with two attached hydrogens (primary N) is 1. The third-order valence-corrected chi connectivity index (χ3v) is 4.27. The number of carbonyl (C=O) groups excluding carboxylic acids is 1. The van der Waals surface area contributed by atoms with Gasteiger partial charge in [-0.05, 0) is 6.07 Å². The first kappa shape index (κ1) is 12.8. The van der Waals surface area contributed by atoms with Crippen LogP contribution in [0.15, 0.2) is 43.1 Å². The summed E-state index contributed by atoms with van der Waals surface area (Å²) in [5.74, 6) is -0.401. The zero-order valence-corrected chi connectivity index (χ0v) is 11.4. The average molecular weight is 287 g/mol. The van der Waals surface area contributed by atoms with Gasteiger partial charge in [0.2, 0.25) is 5.60 Å². The quantitative estimate of drug-likeness (QED) is 0.838. The van der Waals surface area contributed by atoms with Gasteiger partial charge in [0.05, 0.1) is 10.6 Å². The van der Waals surface area contributed by atoms with Crippen LogP contribution in [0.25, 0.3) is 0 Å². The molecule has 1 aromatic heterocycles. The molecule has 0 aliphatic carbocycles. The van der Waals surface area contributed by atoms with Gasteiger partial charge in [-0.2, -0.15) is 0 Å². The van der Waals surface area contributed by atoms with E-state index in [0.29, 0.717) is 27.8 Å². The molecule has 1 aromatic carbocycles. The van der Waals surface area contributed by atoms with E-state index in [1.165, 1.54) is 11.1 Å². The van der Waals surface area contributed by atoms with Gasteiger partial charge in [-0.25, -0.2) is 4.98 Å². The second kappa shape index (κ2) is 4.43. The number of benzene rings is 1. The van der Waals surface area contributed by atoms with E-state index in [1.54, 1.807) is 24.3 Å². The summed E-state index contributed by atoms with van der Waals surface area (Å²) in [5.41, 5.74) is 5.14. The molecule has 0 saturated carbocycles. The van der Waals surface area contributed by atoms with Gasteiger partial charge in [0.25, 0.3) is 5.91 Å². The number of aliphatic hydroxyl groups is 1. The number of thiazole rings is 1. The van der Waals surface area contributed by atoms with Crippen LogP contribution >= 0.6 is 11.3 Å². The number of rotatable bonds is 3. The maximum absolute atomic E-state index is 12.7. The number of fused-ring (bicyclic) bond motifs is 1. The highest BCUT2D eigenvalue weighted by molar-refractivity contribution is 7.15. The molecule has 1 aliphatic rings. The summed E-state index contributed by atoms with van der Waals surface area (Å²) in [5, 5.41) is 11.3. The minimum atomic E-state index is -1.71. The van der Waals surface area contributed by atoms with Crippen molar-refractivity contribution in [3.05, 3.63) is 53.6 Å². The highest BCUT2D eigenvalue weighted by atomic mass is 32.1. The van der Waals surface area contributed by atoms with Gasteiger partial charge in [0.15, 0.2) is 5.13 Å². The lowest BCUT2D eigenvalue weighted by molar-refractivity contribution is -0.131. The Morgan fingerprint density at radius 1 is 1.50 bits per heavy atom. The van der Waals surface area contributed by atoms with Crippen molar-refractivity contribution in [3.63, 3.8) is 0 Å². The molecule has 102 valence electrons. The molecule has 6 heteroatoms. The summed E-state index contributed by atoms with van der Waals surface area (Å²) in [6, 6.07) is 7.17. The van der Waals surface area contributed by atoms with Crippen molar-refractivity contribution in [2.24, 2.45) is 0 Å². The molecule has 0 fully saturated rings. The monoisotopic (exact) mass is 287 g/mol. The lowest BCUT2D eigenvalue weighted by atomic mass is 9.94. The van der Waals surface area contributed by atoms with Crippen molar-refractivity contribution in [1.82, 2.24) is 4.98 Å². The van der Waals surface area contributed by atoms with Crippen molar-refractivity contribution < 1.29 is 9.90 Å². The van der Waals surface area contributed by atoms with Crippen LogP contribution in [-0.2, 0) is 10.4 Å². The van der Waals surface area contributed by atoms with E-state index in [4.69, 9.17) is 5.73 Å². The first-order chi connectivity index (χ1) is 9.59. The van der Waals surface area contributed by atoms with E-state index >= 15 is 0 Å². The minimum absolute atomic E-state index is 0.320. The molecule has 20 heavy (non-hydrogen) atoms. The number of nitrogen functional groups attached to an aromatic ring is 1. The number of carbonyl (C=O) groups is 1. The van der Waals surface area contributed by atoms with Gasteiger partial charge in [0, 0.05) is 18.3 Å². The molecule has 2 aromatic rings. The van der Waals surface area contributed by atoms with E-state index in [9.17, 15) is 9.90 Å². The molecular weight excluding hydrogens is 274 g/mol. The predicted molar refractivity (Wildman–Crippen MR) is 78.5 cm³/mol. The molecule has 3 N–H and O–H groups in total. The maximum Gasteiger partial charge on any atom is 0.269 e. The van der Waals surface area contributed by atoms with Crippen molar-refractivity contribution in [2.75, 3.05) is 17.2 Å². The standard InChI is InChI=1S/C14H13N3O2S/c1-2-7-17-10-6-4-3-5-9(10)14(19,12(17)18)11-8-16-13(15)20-11/h2-6,8,19H,1,7H2,(H2,15,16)/t14-/m1/s1. The van der Waals surface area contributed by atoms with Crippen LogP contribution in [0.4, 0.5) is 10.8 Å². The third kappa shape index (κ3) is 1.59. The number of amides is 1. The lowest BCUT2D eigenvalue weighted by Crippen LogP contribution is -2.40. The Labute approximate surface area is 120 Å². The smallest absolute Gasteiger partial charge is 0.269 e. The Morgan fingerprint density at radius 2 is 2.25 bits per heavy atom. The van der Waals surface area contributed by atoms with E-state index in [0.717, 1.165) is 11.3 Å². The summed E-state index contributed by atoms with van der Waals surface area (Å²) in [7, 11) is 0. The Hall–Kier alpha value is -2.18. The molecule has 1 aliphatic heterocycles. The molecular formula is C14H13N3O2S. The fourth-order valence-corrected chi connectivity index (χ4v) is 3.22. The second-order valence-corrected chi connectivity index (χ2v) is 5.56. The molecule has 0 saturated heterocycles. The second-order valence-electron chi connectivity index (χ2n) is 4.49. The van der Waals surface area contributed by atoms with Gasteiger partial charge in [-0.1, -0.05) is 35.6 Å². The first-order valence-electron chi connectivity index (χ1n) is 6.05. The van der Waals surface area contributed by atoms with E-state index in [1.807, 2.05) is 6.07 Å². The molecule has 0 unspecified atom stereocenters. The first-order valence-corrected chi connectivity index (χ1v) is 6.87. The summed E-state index contributed by atoms with van der Waals surface area (Å²) >= 11 is 1.11. The van der Waals surface area contributed by atoms with Crippen LogP contribution in [0.1, 0.15) is 10.4 Å². The molecule has 0 bridgehead atoms. The van der Waals surface area contributed by atoms with Gasteiger partial charge < -0.3 is 15.7 Å². The predicted octanol–water partition coefficient (Wildman–Crippen LogP) is 1.49. The Morgan fingerprint density at radius 3 is 2.90 bits per heavy atom. The van der Waals surface area contributed by atoms with Crippen LogP contribution in [-0.4, -0.2) is 22.5 Å². The molecule has 0 radical (unpaired) electrons. The molecule has 1 atom stereocenters. The maximum atomic E-state index is 12.7. The van der Waals surface area contributed by atoms with Crippen molar-refractivity contribution in [2.45, 2.75) is 5.60 Å².